The molecule has 0 aliphatic rings. The fraction of sp³-hybridized carbons (Fsp3) is 0.278. The molecule has 0 unspecified atom stereocenters. The Kier molecular flexibility index (Phi) is 4.51. The van der Waals surface area contributed by atoms with Gasteiger partial charge in [-0.1, -0.05) is 45.0 Å². The van der Waals surface area contributed by atoms with Crippen LogP contribution in [0.25, 0.3) is 11.4 Å². The third-order valence-corrected chi connectivity index (χ3v) is 4.92. The molecule has 0 fully saturated rings. The molecule has 0 radical (unpaired) electrons. The number of hydrogen-bond acceptors (Lipinski definition) is 4. The van der Waals surface area contributed by atoms with Crippen LogP contribution in [0.3, 0.4) is 0 Å². The minimum atomic E-state index is 0.123. The highest BCUT2D eigenvalue weighted by molar-refractivity contribution is 7.71. The van der Waals surface area contributed by atoms with Crippen molar-refractivity contribution in [2.24, 2.45) is 5.10 Å². The number of H-pyrrole nitrogens is 1. The lowest BCUT2D eigenvalue weighted by atomic mass is 9.87. The van der Waals surface area contributed by atoms with Gasteiger partial charge >= 0.3 is 0 Å². The average molecular weight is 357 g/mol. The van der Waals surface area contributed by atoms with Gasteiger partial charge in [-0.25, -0.2) is 5.10 Å². The molecule has 0 saturated carbocycles. The Balaban J connectivity index is 1.95. The fourth-order valence-electron chi connectivity index (χ4n) is 2.34. The number of thiophene rings is 1. The first-order valence-corrected chi connectivity index (χ1v) is 8.96. The summed E-state index contributed by atoms with van der Waals surface area (Å²) >= 11 is 7.01. The van der Waals surface area contributed by atoms with Crippen molar-refractivity contribution >= 4 is 29.8 Å². The summed E-state index contributed by atoms with van der Waals surface area (Å²) in [5, 5.41) is 11.7. The Labute approximate surface area is 150 Å². The van der Waals surface area contributed by atoms with Crippen LogP contribution in [0.15, 0.2) is 41.5 Å². The van der Waals surface area contributed by atoms with Gasteiger partial charge in [-0.05, 0) is 42.3 Å². The topological polar surface area (TPSA) is 46.0 Å². The van der Waals surface area contributed by atoms with Crippen LogP contribution in [-0.4, -0.2) is 21.1 Å². The molecular weight excluding hydrogens is 336 g/mol. The normalized spacial score (nSPS) is 12.2. The maximum absolute atomic E-state index is 5.31. The molecule has 1 N–H and O–H groups in total. The van der Waals surface area contributed by atoms with Crippen molar-refractivity contribution in [1.82, 2.24) is 14.9 Å². The molecule has 0 amide bonds. The second-order valence-corrected chi connectivity index (χ2v) is 8.39. The maximum atomic E-state index is 5.31. The monoisotopic (exact) mass is 356 g/mol. The first-order valence-electron chi connectivity index (χ1n) is 7.74. The number of rotatable bonds is 3. The van der Waals surface area contributed by atoms with Gasteiger partial charge in [0.1, 0.15) is 0 Å². The standard InChI is InChI=1S/C18H20N4S2/c1-12-5-10-15(24-12)11-19-22-16(20-21-17(22)23)13-6-8-14(9-7-13)18(2,3)4/h5-11H,1-4H3,(H,21,23)/b19-11-. The molecule has 2 aromatic heterocycles. The Morgan fingerprint density at radius 2 is 1.88 bits per heavy atom. The molecule has 0 atom stereocenters. The number of aromatic nitrogens is 3. The molecule has 0 saturated heterocycles. The Hall–Kier alpha value is -2.05. The summed E-state index contributed by atoms with van der Waals surface area (Å²) in [7, 11) is 0. The van der Waals surface area contributed by atoms with E-state index in [9.17, 15) is 0 Å². The van der Waals surface area contributed by atoms with E-state index < -0.39 is 0 Å². The van der Waals surface area contributed by atoms with E-state index >= 15 is 0 Å². The van der Waals surface area contributed by atoms with Crippen molar-refractivity contribution in [2.75, 3.05) is 0 Å². The van der Waals surface area contributed by atoms with Gasteiger partial charge in [0.2, 0.25) is 4.77 Å². The van der Waals surface area contributed by atoms with Gasteiger partial charge in [-0.3, -0.25) is 0 Å². The van der Waals surface area contributed by atoms with E-state index in [0.29, 0.717) is 10.6 Å². The van der Waals surface area contributed by atoms with Crippen molar-refractivity contribution in [3.05, 3.63) is 56.5 Å². The SMILES string of the molecule is Cc1ccc(/C=N\n2c(-c3ccc(C(C)(C)C)cc3)n[nH]c2=S)s1. The van der Waals surface area contributed by atoms with Crippen LogP contribution in [0.5, 0.6) is 0 Å². The number of nitrogens with one attached hydrogen (secondary N) is 1. The third kappa shape index (κ3) is 3.55. The van der Waals surface area contributed by atoms with E-state index in [2.05, 4.69) is 73.3 Å². The highest BCUT2D eigenvalue weighted by Crippen LogP contribution is 2.25. The zero-order valence-electron chi connectivity index (χ0n) is 14.2. The van der Waals surface area contributed by atoms with Gasteiger partial charge in [-0.15, -0.1) is 11.3 Å². The van der Waals surface area contributed by atoms with Crippen LogP contribution >= 0.6 is 23.6 Å². The lowest BCUT2D eigenvalue weighted by molar-refractivity contribution is 0.590. The molecule has 24 heavy (non-hydrogen) atoms. The van der Waals surface area contributed by atoms with E-state index in [1.54, 1.807) is 16.0 Å². The smallest absolute Gasteiger partial charge is 0.216 e. The summed E-state index contributed by atoms with van der Waals surface area (Å²) < 4.78 is 2.14. The van der Waals surface area contributed by atoms with Crippen LogP contribution in [0.1, 0.15) is 36.1 Å². The molecule has 6 heteroatoms. The molecule has 0 spiro atoms. The zero-order valence-corrected chi connectivity index (χ0v) is 15.8. The average Bonchev–Trinajstić information content (AvgIpc) is 3.10. The van der Waals surface area contributed by atoms with Gasteiger partial charge in [0.25, 0.3) is 0 Å². The molecule has 3 rings (SSSR count). The van der Waals surface area contributed by atoms with Crippen molar-refractivity contribution in [2.45, 2.75) is 33.1 Å². The second kappa shape index (κ2) is 6.45. The largest absolute Gasteiger partial charge is 0.250 e. The number of hydrogen-bond donors (Lipinski definition) is 1. The van der Waals surface area contributed by atoms with Crippen LogP contribution in [0, 0.1) is 11.7 Å². The van der Waals surface area contributed by atoms with Crippen molar-refractivity contribution in [3.8, 4) is 11.4 Å². The second-order valence-electron chi connectivity index (χ2n) is 6.68. The summed E-state index contributed by atoms with van der Waals surface area (Å²) in [6.45, 7) is 8.68. The van der Waals surface area contributed by atoms with Gasteiger partial charge in [0.05, 0.1) is 6.21 Å². The summed E-state index contributed by atoms with van der Waals surface area (Å²) in [5.41, 5.74) is 2.39. The highest BCUT2D eigenvalue weighted by Gasteiger charge is 2.14. The molecule has 0 bridgehead atoms. The minimum Gasteiger partial charge on any atom is -0.250 e. The van der Waals surface area contributed by atoms with E-state index in [-0.39, 0.29) is 5.41 Å². The number of aryl methyl sites for hydroxylation is 1. The Morgan fingerprint density at radius 1 is 1.17 bits per heavy atom. The van der Waals surface area contributed by atoms with E-state index in [4.69, 9.17) is 12.2 Å². The van der Waals surface area contributed by atoms with Crippen LogP contribution in [-0.2, 0) is 5.41 Å². The van der Waals surface area contributed by atoms with E-state index in [1.807, 2.05) is 12.3 Å². The maximum Gasteiger partial charge on any atom is 0.216 e. The molecule has 3 aromatic rings. The zero-order chi connectivity index (χ0) is 17.3. The number of nitrogens with zero attached hydrogens (tertiary/aromatic N) is 3. The van der Waals surface area contributed by atoms with Gasteiger partial charge < -0.3 is 0 Å². The minimum absolute atomic E-state index is 0.123. The Morgan fingerprint density at radius 3 is 2.46 bits per heavy atom. The van der Waals surface area contributed by atoms with Gasteiger partial charge in [-0.2, -0.15) is 14.9 Å². The van der Waals surface area contributed by atoms with Crippen molar-refractivity contribution < 1.29 is 0 Å². The quantitative estimate of drug-likeness (QED) is 0.520. The predicted octanol–water partition coefficient (Wildman–Crippen LogP) is 5.16. The van der Waals surface area contributed by atoms with E-state index in [1.165, 1.54) is 10.4 Å². The van der Waals surface area contributed by atoms with Gasteiger partial charge in [0, 0.05) is 15.3 Å². The highest BCUT2D eigenvalue weighted by atomic mass is 32.1. The number of benzene rings is 1. The predicted molar refractivity (Wildman–Crippen MR) is 104 cm³/mol. The first-order chi connectivity index (χ1) is 11.3. The van der Waals surface area contributed by atoms with E-state index in [0.717, 1.165) is 10.4 Å². The van der Waals surface area contributed by atoms with Crippen molar-refractivity contribution in [1.29, 1.82) is 0 Å². The molecule has 0 aliphatic carbocycles. The van der Waals surface area contributed by atoms with Crippen LogP contribution in [0.2, 0.25) is 0 Å². The summed E-state index contributed by atoms with van der Waals surface area (Å²) in [4.78, 5) is 2.34. The molecular formula is C18H20N4S2. The lowest BCUT2D eigenvalue weighted by Crippen LogP contribution is -2.10. The van der Waals surface area contributed by atoms with Crippen molar-refractivity contribution in [3.63, 3.8) is 0 Å². The van der Waals surface area contributed by atoms with Gasteiger partial charge in [0.15, 0.2) is 5.82 Å². The number of aromatic amines is 1. The Bertz CT molecular complexity index is 921. The summed E-state index contributed by atoms with van der Waals surface area (Å²) in [6, 6.07) is 12.5. The van der Waals surface area contributed by atoms with Crippen LogP contribution in [0.4, 0.5) is 0 Å². The lowest BCUT2D eigenvalue weighted by Gasteiger charge is -2.18. The summed E-state index contributed by atoms with van der Waals surface area (Å²) in [6.07, 6.45) is 1.82. The van der Waals surface area contributed by atoms with Crippen LogP contribution < -0.4 is 0 Å². The molecule has 4 nitrogen and oxygen atoms in total. The molecule has 0 aliphatic heterocycles. The molecule has 124 valence electrons. The fourth-order valence-corrected chi connectivity index (χ4v) is 3.27. The molecule has 1 aromatic carbocycles. The summed E-state index contributed by atoms with van der Waals surface area (Å²) in [5.74, 6) is 0.713. The third-order valence-electron chi connectivity index (χ3n) is 3.72. The first kappa shape index (κ1) is 16.8. The molecule has 2 heterocycles.